The van der Waals surface area contributed by atoms with E-state index in [1.807, 2.05) is 0 Å². The zero-order valence-electron chi connectivity index (χ0n) is 13.3. The molecule has 1 aromatic heterocycles. The first-order chi connectivity index (χ1) is 9.45. The minimum atomic E-state index is 0.325. The second kappa shape index (κ2) is 5.78. The summed E-state index contributed by atoms with van der Waals surface area (Å²) in [4.78, 5) is 12.1. The second-order valence-corrected chi connectivity index (χ2v) is 5.76. The molecule has 0 fully saturated rings. The van der Waals surface area contributed by atoms with Crippen LogP contribution in [0.2, 0.25) is 0 Å². The van der Waals surface area contributed by atoms with E-state index in [-0.39, 0.29) is 0 Å². The van der Waals surface area contributed by atoms with Crippen LogP contribution in [-0.4, -0.2) is 10.4 Å². The summed E-state index contributed by atoms with van der Waals surface area (Å²) in [6.45, 7) is 8.95. The molecule has 1 aromatic carbocycles. The highest BCUT2D eigenvalue weighted by atomic mass is 16.1. The third kappa shape index (κ3) is 2.62. The van der Waals surface area contributed by atoms with Gasteiger partial charge in [0.15, 0.2) is 16.8 Å². The van der Waals surface area contributed by atoms with Crippen molar-refractivity contribution < 1.29 is 9.36 Å². The molecule has 0 unspecified atom stereocenters. The molecule has 0 spiro atoms. The molecule has 0 amide bonds. The van der Waals surface area contributed by atoms with Gasteiger partial charge >= 0.3 is 0 Å². The predicted molar refractivity (Wildman–Crippen MR) is 81.9 cm³/mol. The molecule has 0 aliphatic rings. The van der Waals surface area contributed by atoms with E-state index < -0.39 is 0 Å². The van der Waals surface area contributed by atoms with Gasteiger partial charge in [0.2, 0.25) is 0 Å². The van der Waals surface area contributed by atoms with Crippen LogP contribution >= 0.6 is 0 Å². The number of rotatable bonds is 5. The maximum atomic E-state index is 12.1. The second-order valence-electron chi connectivity index (χ2n) is 5.76. The first kappa shape index (κ1) is 14.8. The lowest BCUT2D eigenvalue weighted by atomic mass is 10.1. The van der Waals surface area contributed by atoms with Crippen molar-refractivity contribution in [1.82, 2.24) is 4.57 Å². The van der Waals surface area contributed by atoms with Gasteiger partial charge in [-0.05, 0) is 43.5 Å². The summed E-state index contributed by atoms with van der Waals surface area (Å²) in [5.74, 6) is 1.46. The summed E-state index contributed by atoms with van der Waals surface area (Å²) in [6, 6.07) is 4.41. The Bertz CT molecular complexity index is 653. The average molecular weight is 273 g/mol. The smallest absolute Gasteiger partial charge is 0.254 e. The number of ketones is 1. The van der Waals surface area contributed by atoms with E-state index in [4.69, 9.17) is 0 Å². The standard InChI is InChI=1S/C17H25N2O/c1-6-7-8-15(20)11-19-14(4)18(5)16-9-12(2)13(3)10-17(16)19/h9-10H,6-8,11H2,1-5H3/q+1. The number of aromatic nitrogens is 2. The van der Waals surface area contributed by atoms with Gasteiger partial charge in [-0.1, -0.05) is 13.3 Å². The van der Waals surface area contributed by atoms with E-state index >= 15 is 0 Å². The molecular weight excluding hydrogens is 248 g/mol. The van der Waals surface area contributed by atoms with Crippen LogP contribution in [-0.2, 0) is 18.4 Å². The van der Waals surface area contributed by atoms with Crippen molar-refractivity contribution in [1.29, 1.82) is 0 Å². The number of imidazole rings is 1. The van der Waals surface area contributed by atoms with Crippen LogP contribution in [0.15, 0.2) is 12.1 Å². The Labute approximate surface area is 121 Å². The number of carbonyl (C=O) groups excluding carboxylic acids is 1. The van der Waals surface area contributed by atoms with Gasteiger partial charge in [-0.25, -0.2) is 9.13 Å². The quantitative estimate of drug-likeness (QED) is 0.768. The summed E-state index contributed by atoms with van der Waals surface area (Å²) in [6.07, 6.45) is 2.74. The van der Waals surface area contributed by atoms with Crippen LogP contribution in [0.25, 0.3) is 11.0 Å². The Balaban J connectivity index is 2.45. The van der Waals surface area contributed by atoms with Crippen LogP contribution < -0.4 is 4.57 Å². The van der Waals surface area contributed by atoms with E-state index in [9.17, 15) is 4.79 Å². The van der Waals surface area contributed by atoms with Crippen molar-refractivity contribution in [3.63, 3.8) is 0 Å². The molecule has 3 nitrogen and oxygen atoms in total. The molecule has 20 heavy (non-hydrogen) atoms. The van der Waals surface area contributed by atoms with Gasteiger partial charge in [-0.2, -0.15) is 0 Å². The molecule has 1 heterocycles. The molecule has 0 aliphatic carbocycles. The SMILES string of the molecule is CCCCC(=O)Cn1c(C)[n+](C)c2cc(C)c(C)cc21. The number of hydrogen-bond acceptors (Lipinski definition) is 1. The normalized spacial score (nSPS) is 11.2. The molecule has 0 saturated carbocycles. The third-order valence-electron chi connectivity index (χ3n) is 4.26. The molecule has 0 atom stereocenters. The van der Waals surface area contributed by atoms with Crippen LogP contribution in [0.4, 0.5) is 0 Å². The number of carbonyl (C=O) groups is 1. The highest BCUT2D eigenvalue weighted by Gasteiger charge is 2.21. The Morgan fingerprint density at radius 1 is 1.20 bits per heavy atom. The van der Waals surface area contributed by atoms with Crippen molar-refractivity contribution in [2.75, 3.05) is 0 Å². The van der Waals surface area contributed by atoms with Gasteiger partial charge in [-0.3, -0.25) is 4.79 Å². The van der Waals surface area contributed by atoms with E-state index in [0.717, 1.165) is 24.2 Å². The number of unbranched alkanes of at least 4 members (excludes halogenated alkanes) is 1. The fourth-order valence-corrected chi connectivity index (χ4v) is 2.63. The number of hydrogen-bond donors (Lipinski definition) is 0. The molecule has 2 aromatic rings. The number of benzene rings is 1. The highest BCUT2D eigenvalue weighted by Crippen LogP contribution is 2.19. The Hall–Kier alpha value is -1.64. The van der Waals surface area contributed by atoms with Crippen molar-refractivity contribution in [3.8, 4) is 0 Å². The topological polar surface area (TPSA) is 25.9 Å². The zero-order chi connectivity index (χ0) is 14.9. The van der Waals surface area contributed by atoms with E-state index in [1.165, 1.54) is 16.6 Å². The summed E-state index contributed by atoms with van der Waals surface area (Å²) < 4.78 is 4.33. The maximum Gasteiger partial charge on any atom is 0.254 e. The minimum Gasteiger partial charge on any atom is -0.295 e. The lowest BCUT2D eigenvalue weighted by molar-refractivity contribution is -0.652. The van der Waals surface area contributed by atoms with Crippen molar-refractivity contribution in [2.24, 2.45) is 7.05 Å². The van der Waals surface area contributed by atoms with Crippen molar-refractivity contribution in [3.05, 3.63) is 29.1 Å². The predicted octanol–water partition coefficient (Wildman–Crippen LogP) is 3.15. The molecule has 0 saturated heterocycles. The summed E-state index contributed by atoms with van der Waals surface area (Å²) in [7, 11) is 2.07. The monoisotopic (exact) mass is 273 g/mol. The first-order valence-corrected chi connectivity index (χ1v) is 7.43. The van der Waals surface area contributed by atoms with Crippen LogP contribution in [0.3, 0.4) is 0 Å². The number of Topliss-reactive ketones (excluding diaryl/α,β-unsaturated/α-hetero) is 1. The Morgan fingerprint density at radius 2 is 1.85 bits per heavy atom. The average Bonchev–Trinajstić information content (AvgIpc) is 2.63. The van der Waals surface area contributed by atoms with E-state index in [2.05, 4.69) is 56.0 Å². The lowest BCUT2D eigenvalue weighted by Crippen LogP contribution is -2.31. The molecule has 0 bridgehead atoms. The van der Waals surface area contributed by atoms with Crippen molar-refractivity contribution >= 4 is 16.8 Å². The van der Waals surface area contributed by atoms with Crippen LogP contribution in [0.5, 0.6) is 0 Å². The largest absolute Gasteiger partial charge is 0.295 e. The minimum absolute atomic E-state index is 0.325. The molecule has 0 radical (unpaired) electrons. The maximum absolute atomic E-state index is 12.1. The summed E-state index contributed by atoms with van der Waals surface area (Å²) in [5, 5.41) is 0. The fourth-order valence-electron chi connectivity index (χ4n) is 2.63. The van der Waals surface area contributed by atoms with Gasteiger partial charge in [0.25, 0.3) is 5.82 Å². The van der Waals surface area contributed by atoms with Gasteiger partial charge < -0.3 is 0 Å². The Morgan fingerprint density at radius 3 is 2.50 bits per heavy atom. The fraction of sp³-hybridized carbons (Fsp3) is 0.529. The van der Waals surface area contributed by atoms with Gasteiger partial charge in [0, 0.05) is 13.3 Å². The first-order valence-electron chi connectivity index (χ1n) is 7.43. The number of aryl methyl sites for hydroxylation is 3. The molecular formula is C17H25N2O+. The van der Waals surface area contributed by atoms with E-state index in [0.29, 0.717) is 18.7 Å². The van der Waals surface area contributed by atoms with Crippen molar-refractivity contribution in [2.45, 2.75) is 53.5 Å². The van der Waals surface area contributed by atoms with Gasteiger partial charge in [0.05, 0.1) is 7.05 Å². The summed E-state index contributed by atoms with van der Waals surface area (Å²) in [5.41, 5.74) is 4.94. The number of nitrogens with zero attached hydrogens (tertiary/aromatic N) is 2. The highest BCUT2D eigenvalue weighted by molar-refractivity contribution is 5.81. The number of fused-ring (bicyclic) bond motifs is 1. The molecule has 0 N–H and O–H groups in total. The van der Waals surface area contributed by atoms with Crippen LogP contribution in [0, 0.1) is 20.8 Å². The van der Waals surface area contributed by atoms with Crippen LogP contribution in [0.1, 0.15) is 43.1 Å². The molecule has 108 valence electrons. The summed E-state index contributed by atoms with van der Waals surface area (Å²) >= 11 is 0. The molecule has 0 aliphatic heterocycles. The van der Waals surface area contributed by atoms with Gasteiger partial charge in [0.1, 0.15) is 6.54 Å². The third-order valence-corrected chi connectivity index (χ3v) is 4.26. The molecule has 3 heteroatoms. The van der Waals surface area contributed by atoms with Gasteiger partial charge in [-0.15, -0.1) is 0 Å². The molecule has 2 rings (SSSR count). The lowest BCUT2D eigenvalue weighted by Gasteiger charge is -2.01. The zero-order valence-corrected chi connectivity index (χ0v) is 13.3. The Kier molecular flexibility index (Phi) is 4.26. The van der Waals surface area contributed by atoms with E-state index in [1.54, 1.807) is 0 Å².